The van der Waals surface area contributed by atoms with Crippen molar-refractivity contribution in [2.75, 3.05) is 0 Å². The summed E-state index contributed by atoms with van der Waals surface area (Å²) in [5.41, 5.74) is 10.0. The molecule has 0 aliphatic rings. The normalized spacial score (nSPS) is 12.3. The molecule has 10 aromatic rings. The van der Waals surface area contributed by atoms with Crippen LogP contribution in [-0.4, -0.2) is 19.5 Å². The van der Waals surface area contributed by atoms with Gasteiger partial charge >= 0.3 is 0 Å². The highest BCUT2D eigenvalue weighted by Crippen LogP contribution is 2.42. The van der Waals surface area contributed by atoms with E-state index in [4.69, 9.17) is 17.7 Å². The summed E-state index contributed by atoms with van der Waals surface area (Å²) in [6.07, 6.45) is 0. The second-order valence-electron chi connectivity index (χ2n) is 13.3. The zero-order valence-corrected chi connectivity index (χ0v) is 29.6. The zero-order chi connectivity index (χ0) is 40.0. The molecule has 2 aromatic heterocycles. The predicted octanol–water partition coefficient (Wildman–Crippen LogP) is 13.0. The molecule has 0 N–H and O–H groups in total. The number of benzene rings is 8. The van der Waals surface area contributed by atoms with Crippen LogP contribution in [0.1, 0.15) is 5.48 Å². The molecule has 10 rings (SSSR count). The highest BCUT2D eigenvalue weighted by atomic mass is 15.0. The van der Waals surface area contributed by atoms with E-state index in [0.717, 1.165) is 61.0 Å². The van der Waals surface area contributed by atoms with Gasteiger partial charge in [-0.2, -0.15) is 0 Å². The minimum atomic E-state index is -0.297. The smallest absolute Gasteiger partial charge is 0.164 e. The van der Waals surface area contributed by atoms with Crippen molar-refractivity contribution in [1.82, 2.24) is 19.5 Å². The van der Waals surface area contributed by atoms with E-state index >= 15 is 0 Å². The minimum absolute atomic E-state index is 0.0914. The van der Waals surface area contributed by atoms with Crippen LogP contribution in [0.4, 0.5) is 0 Å². The molecule has 0 saturated carbocycles. The molecule has 8 aromatic carbocycles. The van der Waals surface area contributed by atoms with Gasteiger partial charge in [0.15, 0.2) is 17.5 Å². The van der Waals surface area contributed by atoms with Gasteiger partial charge in [-0.05, 0) is 63.7 Å². The molecule has 0 saturated heterocycles. The molecule has 258 valence electrons. The lowest BCUT2D eigenvalue weighted by Crippen LogP contribution is -2.01. The fraction of sp³-hybridized carbons (Fsp3) is 0. The first-order valence-corrected chi connectivity index (χ1v) is 18.2. The van der Waals surface area contributed by atoms with Crippen molar-refractivity contribution < 1.29 is 5.48 Å². The molecule has 0 aliphatic carbocycles. The Bertz CT molecular complexity index is 3130. The van der Waals surface area contributed by atoms with E-state index in [2.05, 4.69) is 48.5 Å². The van der Waals surface area contributed by atoms with Crippen LogP contribution in [0.25, 0.3) is 95.0 Å². The van der Waals surface area contributed by atoms with Crippen LogP contribution >= 0.6 is 0 Å². The third kappa shape index (κ3) is 5.96. The molecule has 0 unspecified atom stereocenters. The highest BCUT2D eigenvalue weighted by Gasteiger charge is 2.20. The maximum absolute atomic E-state index is 9.44. The summed E-state index contributed by atoms with van der Waals surface area (Å²) in [5, 5.41) is 1.19. The first kappa shape index (κ1) is 28.1. The third-order valence-electron chi connectivity index (χ3n) is 9.97. The molecule has 0 aliphatic heterocycles. The quantitative estimate of drug-likeness (QED) is 0.166. The van der Waals surface area contributed by atoms with Gasteiger partial charge < -0.3 is 4.57 Å². The molecular formula is C51H34N4. The standard InChI is InChI=1S/C51H34N4/c1-5-18-35(19-6-1)39-32-40(51-53-49(37-22-9-3-10-23-37)52-50(54-51)38-24-11-4-12-25-38)34-41(33-39)55-46-30-16-15-28-45(46)48-44(29-17-31-47(48)55)43-27-14-13-26-42(43)36-20-7-2-8-21-36/h1-34H/i15D,16D,28D,30D. The van der Waals surface area contributed by atoms with Crippen molar-refractivity contribution in [1.29, 1.82) is 0 Å². The van der Waals surface area contributed by atoms with E-state index in [1.54, 1.807) is 0 Å². The summed E-state index contributed by atoms with van der Waals surface area (Å²) in [6.45, 7) is 0. The van der Waals surface area contributed by atoms with Gasteiger partial charge in [0.25, 0.3) is 0 Å². The maximum Gasteiger partial charge on any atom is 0.164 e. The average Bonchev–Trinajstić information content (AvgIpc) is 3.67. The second kappa shape index (κ2) is 13.8. The number of rotatable bonds is 7. The van der Waals surface area contributed by atoms with Crippen molar-refractivity contribution in [2.24, 2.45) is 0 Å². The molecule has 55 heavy (non-hydrogen) atoms. The molecule has 4 nitrogen and oxygen atoms in total. The average molecular weight is 707 g/mol. The molecule has 0 fully saturated rings. The van der Waals surface area contributed by atoms with Gasteiger partial charge in [0.1, 0.15) is 0 Å². The highest BCUT2D eigenvalue weighted by molar-refractivity contribution is 6.16. The Morgan fingerprint density at radius 2 is 0.855 bits per heavy atom. The van der Waals surface area contributed by atoms with Gasteiger partial charge in [-0.25, -0.2) is 15.0 Å². The lowest BCUT2D eigenvalue weighted by molar-refractivity contribution is 1.07. The molecule has 4 heteroatoms. The maximum atomic E-state index is 9.44. The largest absolute Gasteiger partial charge is 0.309 e. The van der Waals surface area contributed by atoms with Crippen LogP contribution in [-0.2, 0) is 0 Å². The summed E-state index contributed by atoms with van der Waals surface area (Å²) < 4.78 is 38.6. The van der Waals surface area contributed by atoms with Crippen LogP contribution in [0.3, 0.4) is 0 Å². The summed E-state index contributed by atoms with van der Waals surface area (Å²) >= 11 is 0. The molecule has 0 radical (unpaired) electrons. The molecule has 0 atom stereocenters. The van der Waals surface area contributed by atoms with Gasteiger partial charge in [-0.1, -0.05) is 176 Å². The Kier molecular flexibility index (Phi) is 7.08. The Labute approximate surface area is 325 Å². The van der Waals surface area contributed by atoms with E-state index in [1.165, 1.54) is 0 Å². The topological polar surface area (TPSA) is 43.6 Å². The summed E-state index contributed by atoms with van der Waals surface area (Å²) in [6, 6.07) is 59.6. The zero-order valence-electron chi connectivity index (χ0n) is 33.6. The lowest BCUT2D eigenvalue weighted by atomic mass is 9.92. The van der Waals surface area contributed by atoms with Crippen molar-refractivity contribution in [3.63, 3.8) is 0 Å². The van der Waals surface area contributed by atoms with Gasteiger partial charge in [0.2, 0.25) is 0 Å². The summed E-state index contributed by atoms with van der Waals surface area (Å²) in [7, 11) is 0. The van der Waals surface area contributed by atoms with Crippen LogP contribution in [0.15, 0.2) is 206 Å². The molecule has 0 amide bonds. The lowest BCUT2D eigenvalue weighted by Gasteiger charge is -2.15. The number of aromatic nitrogens is 4. The first-order chi connectivity index (χ1) is 28.9. The number of para-hydroxylation sites is 1. The van der Waals surface area contributed by atoms with E-state index in [1.807, 2.05) is 138 Å². The van der Waals surface area contributed by atoms with Crippen molar-refractivity contribution in [3.8, 4) is 73.2 Å². The van der Waals surface area contributed by atoms with Gasteiger partial charge in [0.05, 0.1) is 16.5 Å². The van der Waals surface area contributed by atoms with Crippen molar-refractivity contribution >= 4 is 21.8 Å². The van der Waals surface area contributed by atoms with Crippen LogP contribution in [0.2, 0.25) is 0 Å². The van der Waals surface area contributed by atoms with E-state index < -0.39 is 0 Å². The van der Waals surface area contributed by atoms with Crippen LogP contribution in [0.5, 0.6) is 0 Å². The Hall–Kier alpha value is -7.43. The van der Waals surface area contributed by atoms with E-state index in [9.17, 15) is 2.74 Å². The van der Waals surface area contributed by atoms with E-state index in [-0.39, 0.29) is 24.2 Å². The minimum Gasteiger partial charge on any atom is -0.309 e. The van der Waals surface area contributed by atoms with Gasteiger partial charge in [-0.3, -0.25) is 0 Å². The summed E-state index contributed by atoms with van der Waals surface area (Å²) in [5.74, 6) is 1.54. The number of hydrogen-bond acceptors (Lipinski definition) is 3. The first-order valence-electron chi connectivity index (χ1n) is 20.2. The fourth-order valence-corrected chi connectivity index (χ4v) is 7.45. The Balaban J connectivity index is 1.30. The Morgan fingerprint density at radius 1 is 0.364 bits per heavy atom. The van der Waals surface area contributed by atoms with Gasteiger partial charge in [0, 0.05) is 33.2 Å². The fourth-order valence-electron chi connectivity index (χ4n) is 7.45. The molecule has 2 heterocycles. The van der Waals surface area contributed by atoms with Crippen LogP contribution < -0.4 is 0 Å². The predicted molar refractivity (Wildman–Crippen MR) is 227 cm³/mol. The van der Waals surface area contributed by atoms with Gasteiger partial charge in [-0.15, -0.1) is 0 Å². The van der Waals surface area contributed by atoms with Crippen molar-refractivity contribution in [2.45, 2.75) is 0 Å². The molecule has 0 spiro atoms. The number of nitrogens with zero attached hydrogens (tertiary/aromatic N) is 4. The summed E-state index contributed by atoms with van der Waals surface area (Å²) in [4.78, 5) is 15.1. The number of fused-ring (bicyclic) bond motifs is 3. The molecule has 0 bridgehead atoms. The van der Waals surface area contributed by atoms with Crippen LogP contribution in [0, 0.1) is 0 Å². The Morgan fingerprint density at radius 3 is 1.49 bits per heavy atom. The third-order valence-corrected chi connectivity index (χ3v) is 9.97. The molecular weight excluding hydrogens is 669 g/mol. The second-order valence-corrected chi connectivity index (χ2v) is 13.3. The monoisotopic (exact) mass is 706 g/mol. The van der Waals surface area contributed by atoms with E-state index in [0.29, 0.717) is 34.1 Å². The number of hydrogen-bond donors (Lipinski definition) is 0. The SMILES string of the molecule is [2H]c1c([2H])c([2H])c2c(c1[2H])c1c(-c3ccccc3-c3ccccc3)cccc1n2-c1cc(-c2ccccc2)cc(-c2nc(-c3ccccc3)nc(-c3ccccc3)n2)c1. The van der Waals surface area contributed by atoms with Crippen molar-refractivity contribution in [3.05, 3.63) is 206 Å².